The van der Waals surface area contributed by atoms with Gasteiger partial charge in [-0.2, -0.15) is 5.26 Å². The molecule has 1 unspecified atom stereocenters. The van der Waals surface area contributed by atoms with Crippen LogP contribution in [0.1, 0.15) is 32.4 Å². The molecule has 0 aliphatic heterocycles. The lowest BCUT2D eigenvalue weighted by molar-refractivity contribution is 0.683. The molecule has 110 valence electrons. The Morgan fingerprint density at radius 3 is 2.52 bits per heavy atom. The summed E-state index contributed by atoms with van der Waals surface area (Å²) in [6.07, 6.45) is 7.73. The molecule has 5 nitrogen and oxygen atoms in total. The third-order valence-electron chi connectivity index (χ3n) is 2.64. The van der Waals surface area contributed by atoms with Gasteiger partial charge in [0, 0.05) is 24.6 Å². The first kappa shape index (κ1) is 16.6. The number of nitrogens with zero attached hydrogens (tertiary/aromatic N) is 4. The van der Waals surface area contributed by atoms with Gasteiger partial charge in [0.15, 0.2) is 0 Å². The Morgan fingerprint density at radius 1 is 1.24 bits per heavy atom. The van der Waals surface area contributed by atoms with Crippen molar-refractivity contribution < 1.29 is 0 Å². The predicted octanol–water partition coefficient (Wildman–Crippen LogP) is 3.22. The van der Waals surface area contributed by atoms with Crippen molar-refractivity contribution in [3.63, 3.8) is 0 Å². The number of nitrogens with one attached hydrogen (secondary N) is 1. The summed E-state index contributed by atoms with van der Waals surface area (Å²) in [6.45, 7) is 4.25. The normalized spacial score (nSPS) is 10.7. The maximum Gasteiger partial charge on any atom is 0.223 e. The second-order valence-electron chi connectivity index (χ2n) is 4.57. The van der Waals surface area contributed by atoms with Crippen molar-refractivity contribution >= 4 is 5.95 Å². The maximum atomic E-state index is 8.55. The van der Waals surface area contributed by atoms with E-state index >= 15 is 0 Å². The zero-order valence-electron chi connectivity index (χ0n) is 12.5. The Bertz CT molecular complexity index is 509. The van der Waals surface area contributed by atoms with Gasteiger partial charge >= 0.3 is 0 Å². The molecule has 2 aromatic rings. The Kier molecular flexibility index (Phi) is 8.15. The summed E-state index contributed by atoms with van der Waals surface area (Å²) in [7, 11) is 0. The van der Waals surface area contributed by atoms with Gasteiger partial charge < -0.3 is 5.32 Å². The first-order valence-electron chi connectivity index (χ1n) is 7.06. The number of pyridine rings is 1. The van der Waals surface area contributed by atoms with Crippen molar-refractivity contribution in [1.82, 2.24) is 15.0 Å². The zero-order chi connectivity index (χ0) is 15.3. The Hall–Kier alpha value is -2.48. The number of anilines is 1. The molecule has 2 heterocycles. The van der Waals surface area contributed by atoms with Crippen molar-refractivity contribution in [2.75, 3.05) is 5.32 Å². The highest BCUT2D eigenvalue weighted by Gasteiger charge is 2.03. The molecule has 0 aliphatic carbocycles. The number of nitriles is 1. The van der Waals surface area contributed by atoms with Crippen LogP contribution in [-0.4, -0.2) is 21.0 Å². The number of hydrogen-bond acceptors (Lipinski definition) is 5. The van der Waals surface area contributed by atoms with E-state index in [0.717, 1.165) is 18.5 Å². The first-order valence-corrected chi connectivity index (χ1v) is 7.06. The minimum absolute atomic E-state index is 0.333. The van der Waals surface area contributed by atoms with Crippen LogP contribution in [-0.2, 0) is 6.42 Å². The van der Waals surface area contributed by atoms with E-state index in [9.17, 15) is 0 Å². The smallest absolute Gasteiger partial charge is 0.223 e. The number of hydrogen-bond donors (Lipinski definition) is 1. The molecule has 0 saturated heterocycles. The summed E-state index contributed by atoms with van der Waals surface area (Å²) in [6, 6.07) is 9.92. The molecule has 0 fully saturated rings. The van der Waals surface area contributed by atoms with Crippen LogP contribution >= 0.6 is 0 Å². The molecule has 0 spiro atoms. The third kappa shape index (κ3) is 7.63. The van der Waals surface area contributed by atoms with Crippen LogP contribution in [0, 0.1) is 11.3 Å². The molecule has 0 bridgehead atoms. The van der Waals surface area contributed by atoms with Crippen LogP contribution < -0.4 is 5.32 Å². The standard InChI is InChI=1S/C11H16N4.C5H5N/c1-3-4-9(2)14-11-13-8-6-10(15-11)5-7-12;1-2-4-6-5-3-1/h6,8-9H,3-5H2,1-2H3,(H,13,14,15);1-5H. The van der Waals surface area contributed by atoms with E-state index < -0.39 is 0 Å². The van der Waals surface area contributed by atoms with Gasteiger partial charge in [0.2, 0.25) is 5.95 Å². The molecule has 21 heavy (non-hydrogen) atoms. The van der Waals surface area contributed by atoms with Crippen LogP contribution in [0.4, 0.5) is 5.95 Å². The molecule has 0 aromatic carbocycles. The Balaban J connectivity index is 0.000000304. The van der Waals surface area contributed by atoms with Crippen molar-refractivity contribution in [3.05, 3.63) is 48.5 Å². The average Bonchev–Trinajstić information content (AvgIpc) is 2.50. The van der Waals surface area contributed by atoms with Crippen LogP contribution in [0.3, 0.4) is 0 Å². The number of rotatable bonds is 5. The van der Waals surface area contributed by atoms with E-state index in [1.165, 1.54) is 0 Å². The summed E-state index contributed by atoms with van der Waals surface area (Å²) in [5.74, 6) is 0.615. The molecule has 0 saturated carbocycles. The minimum atomic E-state index is 0.333. The second-order valence-corrected chi connectivity index (χ2v) is 4.57. The SMILES string of the molecule is CCCC(C)Nc1nccc(CC#N)n1.c1ccncc1. The fourth-order valence-corrected chi connectivity index (χ4v) is 1.68. The van der Waals surface area contributed by atoms with Gasteiger partial charge in [-0.15, -0.1) is 0 Å². The fraction of sp³-hybridized carbons (Fsp3) is 0.375. The van der Waals surface area contributed by atoms with Crippen molar-refractivity contribution in [3.8, 4) is 6.07 Å². The molecule has 0 aliphatic rings. The largest absolute Gasteiger partial charge is 0.352 e. The fourth-order valence-electron chi connectivity index (χ4n) is 1.68. The quantitative estimate of drug-likeness (QED) is 0.911. The second kappa shape index (κ2) is 10.3. The molecule has 2 rings (SSSR count). The van der Waals surface area contributed by atoms with Gasteiger partial charge in [-0.05, 0) is 31.5 Å². The van der Waals surface area contributed by atoms with E-state index in [-0.39, 0.29) is 0 Å². The summed E-state index contributed by atoms with van der Waals surface area (Å²) in [5.41, 5.74) is 0.763. The minimum Gasteiger partial charge on any atom is -0.352 e. The lowest BCUT2D eigenvalue weighted by Crippen LogP contribution is -2.16. The number of aromatic nitrogens is 3. The summed E-state index contributed by atoms with van der Waals surface area (Å²) < 4.78 is 0. The molecule has 0 radical (unpaired) electrons. The van der Waals surface area contributed by atoms with Crippen LogP contribution in [0.25, 0.3) is 0 Å². The maximum absolute atomic E-state index is 8.55. The van der Waals surface area contributed by atoms with Gasteiger partial charge in [-0.3, -0.25) is 4.98 Å². The van der Waals surface area contributed by atoms with Gasteiger partial charge in [-0.25, -0.2) is 9.97 Å². The van der Waals surface area contributed by atoms with Crippen LogP contribution in [0.15, 0.2) is 42.9 Å². The average molecular weight is 283 g/mol. The van der Waals surface area contributed by atoms with Crippen molar-refractivity contribution in [1.29, 1.82) is 5.26 Å². The highest BCUT2D eigenvalue weighted by Crippen LogP contribution is 2.05. The molecule has 5 heteroatoms. The highest BCUT2D eigenvalue weighted by atomic mass is 15.1. The summed E-state index contributed by atoms with van der Waals surface area (Å²) >= 11 is 0. The van der Waals surface area contributed by atoms with E-state index in [4.69, 9.17) is 5.26 Å². The predicted molar refractivity (Wildman–Crippen MR) is 83.6 cm³/mol. The van der Waals surface area contributed by atoms with Crippen molar-refractivity contribution in [2.24, 2.45) is 0 Å². The van der Waals surface area contributed by atoms with Gasteiger partial charge in [0.05, 0.1) is 18.2 Å². The van der Waals surface area contributed by atoms with Crippen LogP contribution in [0.2, 0.25) is 0 Å². The Morgan fingerprint density at radius 2 is 2.00 bits per heavy atom. The van der Waals surface area contributed by atoms with Gasteiger partial charge in [-0.1, -0.05) is 19.4 Å². The summed E-state index contributed by atoms with van der Waals surface area (Å²) in [4.78, 5) is 12.1. The lowest BCUT2D eigenvalue weighted by Gasteiger charge is -2.12. The van der Waals surface area contributed by atoms with Crippen LogP contribution in [0.5, 0.6) is 0 Å². The lowest BCUT2D eigenvalue weighted by atomic mass is 10.2. The van der Waals surface area contributed by atoms with Crippen molar-refractivity contribution in [2.45, 2.75) is 39.2 Å². The first-order chi connectivity index (χ1) is 10.3. The van der Waals surface area contributed by atoms with E-state index in [0.29, 0.717) is 18.4 Å². The van der Waals surface area contributed by atoms with E-state index in [2.05, 4.69) is 40.2 Å². The van der Waals surface area contributed by atoms with E-state index in [1.54, 1.807) is 24.7 Å². The molecule has 1 atom stereocenters. The Labute approximate surface area is 126 Å². The monoisotopic (exact) mass is 283 g/mol. The van der Waals surface area contributed by atoms with E-state index in [1.807, 2.05) is 18.2 Å². The molecule has 1 N–H and O–H groups in total. The molecular weight excluding hydrogens is 262 g/mol. The zero-order valence-corrected chi connectivity index (χ0v) is 12.5. The molecule has 2 aromatic heterocycles. The third-order valence-corrected chi connectivity index (χ3v) is 2.64. The molecule has 0 amide bonds. The van der Waals surface area contributed by atoms with Gasteiger partial charge in [0.25, 0.3) is 0 Å². The summed E-state index contributed by atoms with van der Waals surface area (Å²) in [5, 5.41) is 11.8. The topological polar surface area (TPSA) is 74.5 Å². The van der Waals surface area contributed by atoms with Gasteiger partial charge in [0.1, 0.15) is 0 Å². The highest BCUT2D eigenvalue weighted by molar-refractivity contribution is 5.27. The molecular formula is C16H21N5.